The van der Waals surface area contributed by atoms with E-state index in [1.54, 1.807) is 12.1 Å². The van der Waals surface area contributed by atoms with Crippen LogP contribution in [0.15, 0.2) is 36.4 Å². The monoisotopic (exact) mass is 604 g/mol. The molecular formula is C31H46ClFN6O3. The third kappa shape index (κ3) is 8.78. The minimum atomic E-state index is -0.505. The van der Waals surface area contributed by atoms with E-state index in [4.69, 9.17) is 27.8 Å². The van der Waals surface area contributed by atoms with Gasteiger partial charge in [-0.3, -0.25) is 9.69 Å². The fourth-order valence-electron chi connectivity index (χ4n) is 5.81. The molecule has 2 atom stereocenters. The summed E-state index contributed by atoms with van der Waals surface area (Å²) in [5.74, 6) is 0.490. The number of piperidine rings is 1. The maximum atomic E-state index is 14.5. The number of hydrogen-bond acceptors (Lipinski definition) is 8. The predicted octanol–water partition coefficient (Wildman–Crippen LogP) is 2.54. The lowest BCUT2D eigenvalue weighted by Crippen LogP contribution is -2.55. The highest BCUT2D eigenvalue weighted by Gasteiger charge is 2.33. The van der Waals surface area contributed by atoms with Crippen LogP contribution in [0.4, 0.5) is 10.1 Å². The number of amides is 1. The summed E-state index contributed by atoms with van der Waals surface area (Å²) in [4.78, 5) is 19.7. The molecule has 42 heavy (non-hydrogen) atoms. The Labute approximate surface area is 253 Å². The Bertz CT molecular complexity index is 1160. The van der Waals surface area contributed by atoms with Crippen molar-refractivity contribution in [2.75, 3.05) is 70.9 Å². The Hall–Kier alpha value is -2.47. The van der Waals surface area contributed by atoms with Crippen molar-refractivity contribution in [2.45, 2.75) is 44.8 Å². The number of rotatable bonds is 13. The number of nitrogens with zero attached hydrogens (tertiary/aromatic N) is 3. The van der Waals surface area contributed by atoms with E-state index < -0.39 is 6.04 Å². The number of halogens is 2. The van der Waals surface area contributed by atoms with E-state index >= 15 is 0 Å². The van der Waals surface area contributed by atoms with Crippen molar-refractivity contribution < 1.29 is 19.0 Å². The second-order valence-corrected chi connectivity index (χ2v) is 11.8. The number of carbonyl (C=O) groups excluding carboxylic acids is 1. The van der Waals surface area contributed by atoms with Gasteiger partial charge in [0.1, 0.15) is 11.6 Å². The van der Waals surface area contributed by atoms with E-state index in [1.807, 2.05) is 30.0 Å². The van der Waals surface area contributed by atoms with Crippen molar-refractivity contribution in [1.82, 2.24) is 14.7 Å². The highest BCUT2D eigenvalue weighted by atomic mass is 35.5. The average Bonchev–Trinajstić information content (AvgIpc) is 3.01. The fourth-order valence-corrected chi connectivity index (χ4v) is 6.00. The average molecular weight is 605 g/mol. The molecule has 1 amide bonds. The van der Waals surface area contributed by atoms with Gasteiger partial charge in [-0.25, -0.2) is 4.39 Å². The van der Waals surface area contributed by atoms with Gasteiger partial charge in [0, 0.05) is 68.1 Å². The second-order valence-electron chi connectivity index (χ2n) is 11.3. The molecule has 2 aromatic rings. The maximum absolute atomic E-state index is 14.5. The number of nitrogens with one attached hydrogen (secondary N) is 1. The van der Waals surface area contributed by atoms with E-state index in [0.717, 1.165) is 50.1 Å². The van der Waals surface area contributed by atoms with E-state index in [-0.39, 0.29) is 30.3 Å². The standard InChI is InChI=1S/C31H46ClFN6O3/c1-2-42-29-5-3-4-27(33)26(29)20-38-14-16-39(17-15-38)31(41)30(35)22-8-11-37(12-9-22)13-10-23-18-24(32)6-7-28(23)36-19-25(34)21-40/h3-7,18,22,25,30,36,40H,2,8-17,19-21,34-35H2,1H3/t25-,30-/m1/s1. The summed E-state index contributed by atoms with van der Waals surface area (Å²) in [5, 5.41) is 13.2. The lowest BCUT2D eigenvalue weighted by Gasteiger charge is -2.39. The fraction of sp³-hybridized carbons (Fsp3) is 0.581. The quantitative estimate of drug-likeness (QED) is 0.275. The lowest BCUT2D eigenvalue weighted by atomic mass is 9.88. The third-order valence-corrected chi connectivity index (χ3v) is 8.66. The number of ether oxygens (including phenoxy) is 1. The first-order chi connectivity index (χ1) is 20.3. The minimum Gasteiger partial charge on any atom is -0.493 e. The van der Waals surface area contributed by atoms with Crippen molar-refractivity contribution in [1.29, 1.82) is 0 Å². The summed E-state index contributed by atoms with van der Waals surface area (Å²) in [5.41, 5.74) is 15.0. The van der Waals surface area contributed by atoms with Crippen LogP contribution >= 0.6 is 11.6 Å². The highest BCUT2D eigenvalue weighted by molar-refractivity contribution is 6.30. The molecule has 2 saturated heterocycles. The van der Waals surface area contributed by atoms with E-state index in [9.17, 15) is 14.3 Å². The van der Waals surface area contributed by atoms with Gasteiger partial charge in [0.05, 0.1) is 19.3 Å². The molecule has 0 spiro atoms. The van der Waals surface area contributed by atoms with Crippen LogP contribution in [0.3, 0.4) is 0 Å². The zero-order valence-corrected chi connectivity index (χ0v) is 25.4. The molecule has 2 aliphatic rings. The normalized spacial score (nSPS) is 18.6. The van der Waals surface area contributed by atoms with Gasteiger partial charge in [0.15, 0.2) is 0 Å². The number of likely N-dealkylation sites (tertiary alicyclic amines) is 1. The van der Waals surface area contributed by atoms with Gasteiger partial charge in [-0.1, -0.05) is 17.7 Å². The number of hydrogen-bond donors (Lipinski definition) is 4. The minimum absolute atomic E-state index is 0.0183. The van der Waals surface area contributed by atoms with Crippen molar-refractivity contribution in [3.63, 3.8) is 0 Å². The van der Waals surface area contributed by atoms with E-state index in [0.29, 0.717) is 62.2 Å². The molecule has 0 unspecified atom stereocenters. The number of aliphatic hydroxyl groups is 1. The van der Waals surface area contributed by atoms with Crippen LogP contribution in [0, 0.1) is 11.7 Å². The van der Waals surface area contributed by atoms with Crippen LogP contribution in [0.5, 0.6) is 5.75 Å². The SMILES string of the molecule is CCOc1cccc(F)c1CN1CCN(C(=O)[C@H](N)C2CCN(CCc3cc(Cl)ccc3NC[C@@H](N)CO)CC2)CC1. The molecule has 0 radical (unpaired) electrons. The van der Waals surface area contributed by atoms with Crippen LogP contribution < -0.4 is 21.5 Å². The van der Waals surface area contributed by atoms with Crippen LogP contribution in [0.25, 0.3) is 0 Å². The van der Waals surface area contributed by atoms with Crippen LogP contribution in [-0.4, -0.2) is 103 Å². The van der Waals surface area contributed by atoms with Gasteiger partial charge in [-0.15, -0.1) is 0 Å². The molecule has 0 saturated carbocycles. The van der Waals surface area contributed by atoms with Gasteiger partial charge < -0.3 is 36.4 Å². The Kier molecular flexibility index (Phi) is 12.2. The Morgan fingerprint density at radius 2 is 1.86 bits per heavy atom. The number of benzene rings is 2. The molecule has 0 aromatic heterocycles. The van der Waals surface area contributed by atoms with Gasteiger partial charge >= 0.3 is 0 Å². The molecule has 9 nitrogen and oxygen atoms in total. The third-order valence-electron chi connectivity index (χ3n) is 8.42. The van der Waals surface area contributed by atoms with Crippen molar-refractivity contribution in [3.05, 3.63) is 58.4 Å². The van der Waals surface area contributed by atoms with Gasteiger partial charge in [0.2, 0.25) is 5.91 Å². The zero-order valence-electron chi connectivity index (χ0n) is 24.6. The Morgan fingerprint density at radius 1 is 1.12 bits per heavy atom. The number of aliphatic hydroxyl groups excluding tert-OH is 1. The molecule has 0 bridgehead atoms. The molecule has 232 valence electrons. The first-order valence-electron chi connectivity index (χ1n) is 15.1. The van der Waals surface area contributed by atoms with Gasteiger partial charge in [0.25, 0.3) is 0 Å². The van der Waals surface area contributed by atoms with Crippen molar-refractivity contribution in [2.24, 2.45) is 17.4 Å². The van der Waals surface area contributed by atoms with E-state index in [2.05, 4.69) is 15.1 Å². The zero-order chi connectivity index (χ0) is 30.1. The molecular weight excluding hydrogens is 559 g/mol. The second kappa shape index (κ2) is 15.8. The number of carbonyl (C=O) groups is 1. The molecule has 2 aromatic carbocycles. The molecule has 2 fully saturated rings. The van der Waals surface area contributed by atoms with Crippen molar-refractivity contribution in [3.8, 4) is 5.75 Å². The van der Waals surface area contributed by atoms with Crippen LogP contribution in [0.2, 0.25) is 5.02 Å². The molecule has 11 heteroatoms. The first kappa shape index (κ1) is 32.4. The predicted molar refractivity (Wildman–Crippen MR) is 165 cm³/mol. The number of anilines is 1. The smallest absolute Gasteiger partial charge is 0.239 e. The summed E-state index contributed by atoms with van der Waals surface area (Å²) in [6, 6.07) is 9.88. The summed E-state index contributed by atoms with van der Waals surface area (Å²) < 4.78 is 20.1. The summed E-state index contributed by atoms with van der Waals surface area (Å²) >= 11 is 6.27. The Balaban J connectivity index is 1.21. The summed E-state index contributed by atoms with van der Waals surface area (Å²) in [7, 11) is 0. The molecule has 2 heterocycles. The molecule has 4 rings (SSSR count). The van der Waals surface area contributed by atoms with Gasteiger partial charge in [-0.2, -0.15) is 0 Å². The topological polar surface area (TPSA) is 120 Å². The maximum Gasteiger partial charge on any atom is 0.239 e. The van der Waals surface area contributed by atoms with E-state index in [1.165, 1.54) is 6.07 Å². The molecule has 0 aliphatic carbocycles. The lowest BCUT2D eigenvalue weighted by molar-refractivity contribution is -0.136. The van der Waals surface area contributed by atoms with Crippen molar-refractivity contribution >= 4 is 23.2 Å². The van der Waals surface area contributed by atoms with Crippen LogP contribution in [0.1, 0.15) is 30.9 Å². The first-order valence-corrected chi connectivity index (χ1v) is 15.4. The summed E-state index contributed by atoms with van der Waals surface area (Å²) in [6.45, 7) is 8.42. The number of piperazine rings is 1. The molecule has 2 aliphatic heterocycles. The van der Waals surface area contributed by atoms with Gasteiger partial charge in [-0.05, 0) is 81.1 Å². The Morgan fingerprint density at radius 3 is 2.55 bits per heavy atom. The van der Waals surface area contributed by atoms with Crippen LogP contribution in [-0.2, 0) is 17.8 Å². The number of nitrogens with two attached hydrogens (primary N) is 2. The highest BCUT2D eigenvalue weighted by Crippen LogP contribution is 2.26. The molecule has 6 N–H and O–H groups in total. The largest absolute Gasteiger partial charge is 0.493 e. The summed E-state index contributed by atoms with van der Waals surface area (Å²) in [6.07, 6.45) is 2.59.